The second-order valence-corrected chi connectivity index (χ2v) is 8.39. The molecule has 0 radical (unpaired) electrons. The third-order valence-electron chi connectivity index (χ3n) is 5.34. The first-order chi connectivity index (χ1) is 14.1. The van der Waals surface area contributed by atoms with Crippen LogP contribution >= 0.6 is 11.8 Å². The molecule has 29 heavy (non-hydrogen) atoms. The number of likely N-dealkylation sites (tertiary alicyclic amines) is 1. The van der Waals surface area contributed by atoms with Crippen LogP contribution in [0.3, 0.4) is 0 Å². The van der Waals surface area contributed by atoms with Crippen molar-refractivity contribution in [2.45, 2.75) is 28.7 Å². The van der Waals surface area contributed by atoms with Gasteiger partial charge in [0.2, 0.25) is 0 Å². The molecule has 0 amide bonds. The summed E-state index contributed by atoms with van der Waals surface area (Å²) in [6.07, 6.45) is 2.00. The van der Waals surface area contributed by atoms with Gasteiger partial charge in [-0.05, 0) is 43.2 Å². The Morgan fingerprint density at radius 2 is 2.10 bits per heavy atom. The molecule has 4 rings (SSSR count). The molecule has 1 saturated heterocycles. The first-order valence-electron chi connectivity index (χ1n) is 9.77. The molecule has 2 aromatic carbocycles. The lowest BCUT2D eigenvalue weighted by molar-refractivity contribution is 0.0600. The number of ether oxygens (including phenoxy) is 1. The van der Waals surface area contributed by atoms with Crippen molar-refractivity contribution in [3.8, 4) is 0 Å². The number of methoxy groups -OCH3 is 1. The number of rotatable bonds is 5. The van der Waals surface area contributed by atoms with E-state index in [1.165, 1.54) is 24.9 Å². The molecular formula is C21H25FN4O2S. The number of piperidine rings is 1. The maximum atomic E-state index is 14.3. The molecule has 0 saturated carbocycles. The Kier molecular flexibility index (Phi) is 5.94. The maximum Gasteiger partial charge on any atom is 0.337 e. The van der Waals surface area contributed by atoms with Gasteiger partial charge in [-0.25, -0.2) is 9.18 Å². The predicted octanol–water partition coefficient (Wildman–Crippen LogP) is 3.66. The number of nitrogens with zero attached hydrogens (tertiary/aromatic N) is 1. The number of anilines is 3. The van der Waals surface area contributed by atoms with Crippen LogP contribution in [0.4, 0.5) is 21.5 Å². The molecule has 0 atom stereocenters. The molecule has 2 aromatic rings. The normalized spacial score (nSPS) is 16.5. The van der Waals surface area contributed by atoms with Crippen LogP contribution in [0.25, 0.3) is 0 Å². The third-order valence-corrected chi connectivity index (χ3v) is 6.44. The SMILES string of the molecule is COC(=O)c1ccc2c(c1)Sc1cc(F)cc(NC3CCN(CCN)CC3)c1N2. The van der Waals surface area contributed by atoms with Crippen molar-refractivity contribution in [1.29, 1.82) is 0 Å². The summed E-state index contributed by atoms with van der Waals surface area (Å²) in [5.41, 5.74) is 8.66. The van der Waals surface area contributed by atoms with Crippen LogP contribution in [0.2, 0.25) is 0 Å². The molecule has 8 heteroatoms. The first kappa shape index (κ1) is 20.0. The summed E-state index contributed by atoms with van der Waals surface area (Å²) >= 11 is 1.45. The Balaban J connectivity index is 1.54. The van der Waals surface area contributed by atoms with Crippen LogP contribution in [0.15, 0.2) is 40.1 Å². The molecule has 1 fully saturated rings. The highest BCUT2D eigenvalue weighted by Gasteiger charge is 2.24. The van der Waals surface area contributed by atoms with Crippen LogP contribution in [-0.4, -0.2) is 50.2 Å². The molecule has 0 aromatic heterocycles. The Bertz CT molecular complexity index is 916. The summed E-state index contributed by atoms with van der Waals surface area (Å²) in [5.74, 6) is -0.671. The lowest BCUT2D eigenvalue weighted by Gasteiger charge is -2.33. The minimum absolute atomic E-state index is 0.284. The van der Waals surface area contributed by atoms with Crippen molar-refractivity contribution < 1.29 is 13.9 Å². The number of fused-ring (bicyclic) bond motifs is 2. The van der Waals surface area contributed by atoms with Gasteiger partial charge < -0.3 is 26.0 Å². The van der Waals surface area contributed by atoms with E-state index in [0.717, 1.165) is 59.3 Å². The molecule has 6 nitrogen and oxygen atoms in total. The molecule has 0 spiro atoms. The topological polar surface area (TPSA) is 79.6 Å². The lowest BCUT2D eigenvalue weighted by Crippen LogP contribution is -2.41. The Morgan fingerprint density at radius 3 is 2.83 bits per heavy atom. The van der Waals surface area contributed by atoms with Gasteiger partial charge in [-0.3, -0.25) is 0 Å². The lowest BCUT2D eigenvalue weighted by atomic mass is 10.0. The van der Waals surface area contributed by atoms with Crippen LogP contribution in [0, 0.1) is 5.82 Å². The van der Waals surface area contributed by atoms with E-state index in [9.17, 15) is 9.18 Å². The largest absolute Gasteiger partial charge is 0.465 e. The molecule has 0 unspecified atom stereocenters. The average molecular weight is 417 g/mol. The Morgan fingerprint density at radius 1 is 1.31 bits per heavy atom. The number of esters is 1. The van der Waals surface area contributed by atoms with E-state index in [4.69, 9.17) is 10.5 Å². The Hall–Kier alpha value is -2.29. The number of nitrogens with two attached hydrogens (primary N) is 1. The van der Waals surface area contributed by atoms with Crippen LogP contribution in [-0.2, 0) is 4.74 Å². The number of nitrogens with one attached hydrogen (secondary N) is 2. The van der Waals surface area contributed by atoms with Crippen molar-refractivity contribution >= 4 is 34.8 Å². The van der Waals surface area contributed by atoms with Gasteiger partial charge in [0, 0.05) is 42.0 Å². The van der Waals surface area contributed by atoms with Gasteiger partial charge in [-0.15, -0.1) is 0 Å². The monoisotopic (exact) mass is 416 g/mol. The number of carbonyl (C=O) groups is 1. The molecule has 0 bridgehead atoms. The zero-order valence-electron chi connectivity index (χ0n) is 16.3. The molecule has 154 valence electrons. The highest BCUT2D eigenvalue weighted by Crippen LogP contribution is 2.48. The summed E-state index contributed by atoms with van der Waals surface area (Å²) in [6.45, 7) is 3.58. The van der Waals surface area contributed by atoms with Crippen LogP contribution in [0.1, 0.15) is 23.2 Å². The first-order valence-corrected chi connectivity index (χ1v) is 10.6. The summed E-state index contributed by atoms with van der Waals surface area (Å²) in [6, 6.07) is 8.72. The minimum atomic E-state index is -0.387. The van der Waals surface area contributed by atoms with E-state index in [2.05, 4.69) is 15.5 Å². The van der Waals surface area contributed by atoms with Gasteiger partial charge in [0.05, 0.1) is 29.7 Å². The zero-order chi connectivity index (χ0) is 20.4. The summed E-state index contributed by atoms with van der Waals surface area (Å²) in [5, 5.41) is 6.94. The van der Waals surface area contributed by atoms with Crippen molar-refractivity contribution in [3.05, 3.63) is 41.7 Å². The van der Waals surface area contributed by atoms with Crippen molar-refractivity contribution in [2.75, 3.05) is 43.9 Å². The molecule has 0 aliphatic carbocycles. The second-order valence-electron chi connectivity index (χ2n) is 7.30. The number of hydrogen-bond acceptors (Lipinski definition) is 7. The van der Waals surface area contributed by atoms with E-state index in [0.29, 0.717) is 18.2 Å². The minimum Gasteiger partial charge on any atom is -0.465 e. The van der Waals surface area contributed by atoms with E-state index < -0.39 is 0 Å². The molecule has 4 N–H and O–H groups in total. The van der Waals surface area contributed by atoms with Gasteiger partial charge >= 0.3 is 5.97 Å². The van der Waals surface area contributed by atoms with E-state index in [1.807, 2.05) is 6.07 Å². The van der Waals surface area contributed by atoms with Gasteiger partial charge in [-0.2, -0.15) is 0 Å². The molecule has 2 heterocycles. The van der Waals surface area contributed by atoms with Gasteiger partial charge in [-0.1, -0.05) is 11.8 Å². The highest BCUT2D eigenvalue weighted by molar-refractivity contribution is 7.99. The third kappa shape index (κ3) is 4.34. The fourth-order valence-corrected chi connectivity index (χ4v) is 4.90. The number of halogens is 1. The molecular weight excluding hydrogens is 391 g/mol. The van der Waals surface area contributed by atoms with Gasteiger partial charge in [0.15, 0.2) is 0 Å². The zero-order valence-corrected chi connectivity index (χ0v) is 17.2. The van der Waals surface area contributed by atoms with Gasteiger partial charge in [0.1, 0.15) is 5.82 Å². The predicted molar refractivity (Wildman–Crippen MR) is 114 cm³/mol. The fourth-order valence-electron chi connectivity index (χ4n) is 3.82. The molecule has 2 aliphatic rings. The summed E-state index contributed by atoms with van der Waals surface area (Å²) in [7, 11) is 1.36. The van der Waals surface area contributed by atoms with E-state index in [1.54, 1.807) is 18.2 Å². The van der Waals surface area contributed by atoms with Crippen LogP contribution < -0.4 is 16.4 Å². The van der Waals surface area contributed by atoms with Gasteiger partial charge in [0.25, 0.3) is 0 Å². The smallest absolute Gasteiger partial charge is 0.337 e. The Labute approximate surface area is 174 Å². The van der Waals surface area contributed by atoms with E-state index in [-0.39, 0.29) is 11.8 Å². The fraction of sp³-hybridized carbons (Fsp3) is 0.381. The van der Waals surface area contributed by atoms with Crippen molar-refractivity contribution in [3.63, 3.8) is 0 Å². The second kappa shape index (κ2) is 8.61. The quantitative estimate of drug-likeness (QED) is 0.548. The van der Waals surface area contributed by atoms with Crippen LogP contribution in [0.5, 0.6) is 0 Å². The van der Waals surface area contributed by atoms with Crippen molar-refractivity contribution in [1.82, 2.24) is 4.90 Å². The maximum absolute atomic E-state index is 14.3. The summed E-state index contributed by atoms with van der Waals surface area (Å²) in [4.78, 5) is 15.8. The van der Waals surface area contributed by atoms with Crippen molar-refractivity contribution in [2.24, 2.45) is 5.73 Å². The number of carbonyl (C=O) groups excluding carboxylic acids is 1. The summed E-state index contributed by atoms with van der Waals surface area (Å²) < 4.78 is 19.1. The number of benzene rings is 2. The standard InChI is InChI=1S/C21H25FN4O2S/c1-28-21(27)13-2-3-16-18(10-13)29-19-12-14(22)11-17(20(19)25-16)24-15-4-7-26(8-5-15)9-6-23/h2-3,10-12,15,24-25H,4-9,23H2,1H3. The number of hydrogen-bond donors (Lipinski definition) is 3. The molecule has 2 aliphatic heterocycles. The highest BCUT2D eigenvalue weighted by atomic mass is 32.2. The average Bonchev–Trinajstić information content (AvgIpc) is 2.73. The van der Waals surface area contributed by atoms with E-state index >= 15 is 0 Å².